The van der Waals surface area contributed by atoms with Crippen molar-refractivity contribution < 1.29 is 18.6 Å². The molecule has 0 bridgehead atoms. The normalized spacial score (nSPS) is 13.3. The fourth-order valence-electron chi connectivity index (χ4n) is 1.92. The van der Waals surface area contributed by atoms with E-state index >= 15 is 0 Å². The van der Waals surface area contributed by atoms with E-state index in [1.54, 1.807) is 4.57 Å². The Morgan fingerprint density at radius 1 is 1.25 bits per heavy atom. The molecule has 0 saturated heterocycles. The largest absolute Gasteiger partial charge is 0.389 e. The van der Waals surface area contributed by atoms with Crippen LogP contribution in [0.4, 0.5) is 8.78 Å². The van der Waals surface area contributed by atoms with Crippen LogP contribution in [0.1, 0.15) is 13.8 Å². The predicted octanol–water partition coefficient (Wildman–Crippen LogP) is 2.35. The Kier molecular flexibility index (Phi) is 4.67. The van der Waals surface area contributed by atoms with Crippen molar-refractivity contribution >= 4 is 11.0 Å². The average Bonchev–Trinajstić information content (AvgIpc) is 2.72. The SMILES string of the molecule is CC(C)COC[C@@H](O)Cn1cnc2cc(F)c(F)cc21. The van der Waals surface area contributed by atoms with Gasteiger partial charge in [0.2, 0.25) is 0 Å². The molecule has 1 heterocycles. The number of aromatic nitrogens is 2. The molecule has 0 fully saturated rings. The first-order valence-electron chi connectivity index (χ1n) is 6.53. The van der Waals surface area contributed by atoms with Gasteiger partial charge in [0.25, 0.3) is 0 Å². The Morgan fingerprint density at radius 2 is 1.95 bits per heavy atom. The minimum Gasteiger partial charge on any atom is -0.389 e. The molecule has 0 saturated carbocycles. The van der Waals surface area contributed by atoms with Crippen LogP contribution in [0.2, 0.25) is 0 Å². The van der Waals surface area contributed by atoms with Crippen molar-refractivity contribution in [1.82, 2.24) is 9.55 Å². The van der Waals surface area contributed by atoms with Crippen molar-refractivity contribution in [3.05, 3.63) is 30.1 Å². The highest BCUT2D eigenvalue weighted by Crippen LogP contribution is 2.17. The number of rotatable bonds is 6. The zero-order valence-corrected chi connectivity index (χ0v) is 11.5. The first-order valence-corrected chi connectivity index (χ1v) is 6.53. The van der Waals surface area contributed by atoms with Crippen LogP contribution in [0, 0.1) is 17.6 Å². The second-order valence-corrected chi connectivity index (χ2v) is 5.24. The highest BCUT2D eigenvalue weighted by molar-refractivity contribution is 5.75. The highest BCUT2D eigenvalue weighted by Gasteiger charge is 2.12. The first kappa shape index (κ1) is 14.9. The average molecular weight is 284 g/mol. The zero-order chi connectivity index (χ0) is 14.7. The maximum absolute atomic E-state index is 13.2. The number of imidazole rings is 1. The van der Waals surface area contributed by atoms with Crippen LogP contribution in [0.15, 0.2) is 18.5 Å². The van der Waals surface area contributed by atoms with Gasteiger partial charge in [-0.3, -0.25) is 0 Å². The summed E-state index contributed by atoms with van der Waals surface area (Å²) < 4.78 is 33.2. The van der Waals surface area contributed by atoms with Gasteiger partial charge in [-0.15, -0.1) is 0 Å². The molecule has 6 heteroatoms. The molecule has 4 nitrogen and oxygen atoms in total. The van der Waals surface area contributed by atoms with E-state index in [1.807, 2.05) is 13.8 Å². The minimum atomic E-state index is -0.927. The summed E-state index contributed by atoms with van der Waals surface area (Å²) in [6, 6.07) is 2.13. The minimum absolute atomic E-state index is 0.196. The smallest absolute Gasteiger partial charge is 0.161 e. The summed E-state index contributed by atoms with van der Waals surface area (Å²) in [5, 5.41) is 9.88. The lowest BCUT2D eigenvalue weighted by molar-refractivity contribution is 0.0185. The van der Waals surface area contributed by atoms with Gasteiger partial charge in [-0.25, -0.2) is 13.8 Å². The Labute approximate surface area is 116 Å². The van der Waals surface area contributed by atoms with Crippen LogP contribution in [-0.2, 0) is 11.3 Å². The second-order valence-electron chi connectivity index (χ2n) is 5.24. The standard InChI is InChI=1S/C14H18F2N2O2/c1-9(2)6-20-7-10(19)5-18-8-17-13-3-11(15)12(16)4-14(13)18/h3-4,8-10,19H,5-7H2,1-2H3/t10-/m0/s1. The van der Waals surface area contributed by atoms with Crippen LogP contribution in [0.25, 0.3) is 11.0 Å². The second kappa shape index (κ2) is 6.28. The van der Waals surface area contributed by atoms with Gasteiger partial charge >= 0.3 is 0 Å². The van der Waals surface area contributed by atoms with Gasteiger partial charge < -0.3 is 14.4 Å². The molecule has 0 aliphatic heterocycles. The predicted molar refractivity (Wildman–Crippen MR) is 71.3 cm³/mol. The first-order chi connectivity index (χ1) is 9.47. The van der Waals surface area contributed by atoms with Crippen molar-refractivity contribution in [3.63, 3.8) is 0 Å². The van der Waals surface area contributed by atoms with E-state index in [0.29, 0.717) is 23.6 Å². The Morgan fingerprint density at radius 3 is 2.65 bits per heavy atom. The summed E-state index contributed by atoms with van der Waals surface area (Å²) in [5.41, 5.74) is 0.811. The third-order valence-electron chi connectivity index (χ3n) is 2.83. The molecule has 1 N–H and O–H groups in total. The molecule has 0 aliphatic rings. The van der Waals surface area contributed by atoms with Gasteiger partial charge in [-0.2, -0.15) is 0 Å². The molecular weight excluding hydrogens is 266 g/mol. The summed E-state index contributed by atoms with van der Waals surface area (Å²) in [5.74, 6) is -1.46. The molecule has 2 rings (SSSR count). The quantitative estimate of drug-likeness (QED) is 0.885. The number of ether oxygens (including phenoxy) is 1. The maximum Gasteiger partial charge on any atom is 0.161 e. The van der Waals surface area contributed by atoms with Crippen molar-refractivity contribution in [2.75, 3.05) is 13.2 Å². The van der Waals surface area contributed by atoms with Gasteiger partial charge in [0.1, 0.15) is 0 Å². The zero-order valence-electron chi connectivity index (χ0n) is 11.5. The fourth-order valence-corrected chi connectivity index (χ4v) is 1.92. The lowest BCUT2D eigenvalue weighted by Crippen LogP contribution is -2.22. The Hall–Kier alpha value is -1.53. The third kappa shape index (κ3) is 3.52. The molecule has 0 unspecified atom stereocenters. The summed E-state index contributed by atoms with van der Waals surface area (Å²) in [6.07, 6.45) is 0.731. The van der Waals surface area contributed by atoms with Gasteiger partial charge in [0.05, 0.1) is 36.6 Å². The molecule has 0 radical (unpaired) electrons. The van der Waals surface area contributed by atoms with Crippen LogP contribution in [-0.4, -0.2) is 34.0 Å². The number of nitrogens with zero attached hydrogens (tertiary/aromatic N) is 2. The maximum atomic E-state index is 13.2. The van der Waals surface area contributed by atoms with Crippen LogP contribution < -0.4 is 0 Å². The van der Waals surface area contributed by atoms with Crippen molar-refractivity contribution in [2.45, 2.75) is 26.5 Å². The lowest BCUT2D eigenvalue weighted by atomic mass is 10.2. The summed E-state index contributed by atoms with van der Waals surface area (Å²) >= 11 is 0. The number of halogens is 2. The van der Waals surface area contributed by atoms with Crippen molar-refractivity contribution in [2.24, 2.45) is 5.92 Å². The number of fused-ring (bicyclic) bond motifs is 1. The van der Waals surface area contributed by atoms with E-state index in [1.165, 1.54) is 6.33 Å². The number of hydrogen-bond donors (Lipinski definition) is 1. The van der Waals surface area contributed by atoms with Crippen LogP contribution in [0.3, 0.4) is 0 Å². The number of aliphatic hydroxyl groups is 1. The topological polar surface area (TPSA) is 47.3 Å². The molecule has 20 heavy (non-hydrogen) atoms. The monoisotopic (exact) mass is 284 g/mol. The van der Waals surface area contributed by atoms with Gasteiger partial charge in [-0.05, 0) is 5.92 Å². The van der Waals surface area contributed by atoms with Gasteiger partial charge in [0.15, 0.2) is 11.6 Å². The molecule has 0 aliphatic carbocycles. The van der Waals surface area contributed by atoms with E-state index in [2.05, 4.69) is 4.98 Å². The van der Waals surface area contributed by atoms with E-state index in [9.17, 15) is 13.9 Å². The van der Waals surface area contributed by atoms with E-state index in [0.717, 1.165) is 12.1 Å². The molecule has 1 aromatic carbocycles. The molecule has 1 aromatic heterocycles. The summed E-state index contributed by atoms with van der Waals surface area (Å²) in [6.45, 7) is 5.03. The van der Waals surface area contributed by atoms with Crippen LogP contribution >= 0.6 is 0 Å². The van der Waals surface area contributed by atoms with E-state index in [4.69, 9.17) is 4.74 Å². The third-order valence-corrected chi connectivity index (χ3v) is 2.83. The molecule has 0 amide bonds. The number of hydrogen-bond acceptors (Lipinski definition) is 3. The van der Waals surface area contributed by atoms with E-state index in [-0.39, 0.29) is 13.2 Å². The van der Waals surface area contributed by atoms with Gasteiger partial charge in [-0.1, -0.05) is 13.8 Å². The summed E-state index contributed by atoms with van der Waals surface area (Å²) in [4.78, 5) is 3.99. The molecule has 2 aromatic rings. The Balaban J connectivity index is 2.04. The van der Waals surface area contributed by atoms with E-state index < -0.39 is 17.7 Å². The molecular formula is C14H18F2N2O2. The molecule has 0 spiro atoms. The fraction of sp³-hybridized carbons (Fsp3) is 0.500. The van der Waals surface area contributed by atoms with Crippen molar-refractivity contribution in [1.29, 1.82) is 0 Å². The van der Waals surface area contributed by atoms with Gasteiger partial charge in [0, 0.05) is 18.7 Å². The molecule has 1 atom stereocenters. The lowest BCUT2D eigenvalue weighted by Gasteiger charge is -2.13. The molecule has 110 valence electrons. The van der Waals surface area contributed by atoms with Crippen LogP contribution in [0.5, 0.6) is 0 Å². The number of aliphatic hydroxyl groups excluding tert-OH is 1. The number of benzene rings is 1. The Bertz CT molecular complexity index is 584. The van der Waals surface area contributed by atoms with Crippen molar-refractivity contribution in [3.8, 4) is 0 Å². The highest BCUT2D eigenvalue weighted by atomic mass is 19.2. The summed E-state index contributed by atoms with van der Waals surface area (Å²) in [7, 11) is 0.